The van der Waals surface area contributed by atoms with Gasteiger partial charge in [-0.25, -0.2) is 0 Å². The Labute approximate surface area is 179 Å². The van der Waals surface area contributed by atoms with Crippen LogP contribution in [0.4, 0.5) is 5.69 Å². The number of carbonyl (C=O) groups excluding carboxylic acids is 3. The first-order valence-electron chi connectivity index (χ1n) is 11.2. The first kappa shape index (κ1) is 22.1. The van der Waals surface area contributed by atoms with Gasteiger partial charge in [0.15, 0.2) is 0 Å². The van der Waals surface area contributed by atoms with E-state index in [1.807, 2.05) is 24.3 Å². The van der Waals surface area contributed by atoms with Gasteiger partial charge in [-0.3, -0.25) is 14.4 Å². The maximum atomic E-state index is 12.8. The van der Waals surface area contributed by atoms with E-state index >= 15 is 0 Å². The summed E-state index contributed by atoms with van der Waals surface area (Å²) >= 11 is 0. The van der Waals surface area contributed by atoms with Gasteiger partial charge in [-0.1, -0.05) is 44.7 Å². The molecule has 2 fully saturated rings. The van der Waals surface area contributed by atoms with Crippen molar-refractivity contribution in [2.75, 3.05) is 18.0 Å². The first-order chi connectivity index (χ1) is 14.5. The van der Waals surface area contributed by atoms with E-state index in [2.05, 4.69) is 17.6 Å². The molecule has 0 unspecified atom stereocenters. The predicted octanol–water partition coefficient (Wildman–Crippen LogP) is 3.56. The summed E-state index contributed by atoms with van der Waals surface area (Å²) in [7, 11) is 0. The number of anilines is 1. The summed E-state index contributed by atoms with van der Waals surface area (Å²) < 4.78 is 0. The maximum Gasteiger partial charge on any atom is 0.245 e. The summed E-state index contributed by atoms with van der Waals surface area (Å²) in [6.45, 7) is 3.50. The average molecular weight is 412 g/mol. The van der Waals surface area contributed by atoms with Gasteiger partial charge in [0.25, 0.3) is 0 Å². The Balaban J connectivity index is 1.61. The van der Waals surface area contributed by atoms with E-state index in [0.29, 0.717) is 25.8 Å². The average Bonchev–Trinajstić information content (AvgIpc) is 3.19. The summed E-state index contributed by atoms with van der Waals surface area (Å²) in [5.74, 6) is -0.147. The van der Waals surface area contributed by atoms with Crippen LogP contribution in [0.1, 0.15) is 70.3 Å². The van der Waals surface area contributed by atoms with Crippen LogP contribution in [0.25, 0.3) is 6.08 Å². The molecule has 1 saturated heterocycles. The Morgan fingerprint density at radius 2 is 1.83 bits per heavy atom. The standard InChI is InChI=1S/C24H33N3O3/c1-2-3-17-25-23(30)24(15-5-4-6-16-24)26-21(28)14-11-19-9-12-20(13-10-19)27-18-7-8-22(27)29/h9-14H,2-8,15-18H2,1H3,(H,25,30)(H,26,28). The van der Waals surface area contributed by atoms with Crippen molar-refractivity contribution >= 4 is 29.5 Å². The summed E-state index contributed by atoms with van der Waals surface area (Å²) in [5.41, 5.74) is 0.975. The zero-order valence-electron chi connectivity index (χ0n) is 17.9. The number of hydrogen-bond acceptors (Lipinski definition) is 3. The zero-order valence-corrected chi connectivity index (χ0v) is 17.9. The molecular formula is C24H33N3O3. The number of amides is 3. The highest BCUT2D eigenvalue weighted by Crippen LogP contribution is 2.29. The minimum absolute atomic E-state index is 0.0583. The number of benzene rings is 1. The molecule has 0 radical (unpaired) electrons. The molecule has 1 heterocycles. The zero-order chi connectivity index (χ0) is 21.4. The molecule has 162 valence electrons. The van der Waals surface area contributed by atoms with E-state index in [1.54, 1.807) is 11.0 Å². The van der Waals surface area contributed by atoms with Gasteiger partial charge in [-0.2, -0.15) is 0 Å². The molecule has 6 nitrogen and oxygen atoms in total. The molecule has 2 N–H and O–H groups in total. The second-order valence-corrected chi connectivity index (χ2v) is 8.32. The van der Waals surface area contributed by atoms with E-state index in [9.17, 15) is 14.4 Å². The van der Waals surface area contributed by atoms with Crippen molar-refractivity contribution in [1.29, 1.82) is 0 Å². The monoisotopic (exact) mass is 411 g/mol. The lowest BCUT2D eigenvalue weighted by molar-refractivity contribution is -0.133. The lowest BCUT2D eigenvalue weighted by atomic mass is 9.80. The third-order valence-electron chi connectivity index (χ3n) is 6.03. The quantitative estimate of drug-likeness (QED) is 0.507. The van der Waals surface area contributed by atoms with Crippen molar-refractivity contribution in [2.24, 2.45) is 0 Å². The van der Waals surface area contributed by atoms with Crippen LogP contribution < -0.4 is 15.5 Å². The molecule has 1 aromatic carbocycles. The fraction of sp³-hybridized carbons (Fsp3) is 0.542. The van der Waals surface area contributed by atoms with Crippen molar-refractivity contribution in [3.8, 4) is 0 Å². The summed E-state index contributed by atoms with van der Waals surface area (Å²) in [6, 6.07) is 7.62. The van der Waals surface area contributed by atoms with Gasteiger partial charge in [0.1, 0.15) is 5.54 Å². The lowest BCUT2D eigenvalue weighted by Gasteiger charge is -2.36. The SMILES string of the molecule is CCCCNC(=O)C1(NC(=O)C=Cc2ccc(N3CCCC3=O)cc2)CCCCC1. The van der Waals surface area contributed by atoms with Gasteiger partial charge in [0.05, 0.1) is 0 Å². The highest BCUT2D eigenvalue weighted by Gasteiger charge is 2.40. The molecule has 1 aliphatic heterocycles. The third kappa shape index (κ3) is 5.49. The molecule has 0 aromatic heterocycles. The highest BCUT2D eigenvalue weighted by atomic mass is 16.2. The van der Waals surface area contributed by atoms with Crippen molar-refractivity contribution < 1.29 is 14.4 Å². The van der Waals surface area contributed by atoms with Crippen LogP contribution in [0.2, 0.25) is 0 Å². The number of rotatable bonds is 8. The number of nitrogens with one attached hydrogen (secondary N) is 2. The molecule has 0 bridgehead atoms. The Kier molecular flexibility index (Phi) is 7.66. The van der Waals surface area contributed by atoms with Crippen LogP contribution in [0.15, 0.2) is 30.3 Å². The summed E-state index contributed by atoms with van der Waals surface area (Å²) in [4.78, 5) is 39.1. The Bertz CT molecular complexity index is 779. The number of unbranched alkanes of at least 4 members (excludes halogenated alkanes) is 1. The normalized spacial score (nSPS) is 18.6. The van der Waals surface area contributed by atoms with Gasteiger partial charge in [0.2, 0.25) is 17.7 Å². The van der Waals surface area contributed by atoms with Crippen LogP contribution >= 0.6 is 0 Å². The van der Waals surface area contributed by atoms with Crippen LogP contribution in [0.5, 0.6) is 0 Å². The molecule has 3 rings (SSSR count). The van der Waals surface area contributed by atoms with E-state index < -0.39 is 5.54 Å². The number of carbonyl (C=O) groups is 3. The van der Waals surface area contributed by atoms with E-state index in [4.69, 9.17) is 0 Å². The molecular weight excluding hydrogens is 378 g/mol. The largest absolute Gasteiger partial charge is 0.354 e. The molecule has 3 amide bonds. The van der Waals surface area contributed by atoms with Crippen molar-refractivity contribution in [2.45, 2.75) is 70.3 Å². The van der Waals surface area contributed by atoms with Crippen LogP contribution in [-0.2, 0) is 14.4 Å². The van der Waals surface area contributed by atoms with Gasteiger partial charge in [-0.15, -0.1) is 0 Å². The van der Waals surface area contributed by atoms with Gasteiger partial charge in [-0.05, 0) is 49.5 Å². The smallest absolute Gasteiger partial charge is 0.245 e. The van der Waals surface area contributed by atoms with Gasteiger partial charge < -0.3 is 15.5 Å². The minimum Gasteiger partial charge on any atom is -0.354 e. The van der Waals surface area contributed by atoms with Crippen molar-refractivity contribution in [3.63, 3.8) is 0 Å². The minimum atomic E-state index is -0.798. The van der Waals surface area contributed by atoms with Crippen LogP contribution in [-0.4, -0.2) is 36.3 Å². The molecule has 0 spiro atoms. The molecule has 1 saturated carbocycles. The van der Waals surface area contributed by atoms with E-state index in [-0.39, 0.29) is 17.7 Å². The second kappa shape index (κ2) is 10.4. The van der Waals surface area contributed by atoms with Crippen molar-refractivity contribution in [1.82, 2.24) is 10.6 Å². The summed E-state index contributed by atoms with van der Waals surface area (Å²) in [5, 5.41) is 6.00. The molecule has 1 aliphatic carbocycles. The third-order valence-corrected chi connectivity index (χ3v) is 6.03. The van der Waals surface area contributed by atoms with Crippen LogP contribution in [0, 0.1) is 0 Å². The van der Waals surface area contributed by atoms with Gasteiger partial charge in [0, 0.05) is 31.3 Å². The fourth-order valence-electron chi connectivity index (χ4n) is 4.25. The fourth-order valence-corrected chi connectivity index (χ4v) is 4.25. The Hall–Kier alpha value is -2.63. The molecule has 0 atom stereocenters. The maximum absolute atomic E-state index is 12.8. The molecule has 30 heavy (non-hydrogen) atoms. The molecule has 1 aromatic rings. The second-order valence-electron chi connectivity index (χ2n) is 8.32. The lowest BCUT2D eigenvalue weighted by Crippen LogP contribution is -2.59. The Morgan fingerprint density at radius 1 is 1.10 bits per heavy atom. The van der Waals surface area contributed by atoms with E-state index in [1.165, 1.54) is 6.08 Å². The van der Waals surface area contributed by atoms with Crippen LogP contribution in [0.3, 0.4) is 0 Å². The number of nitrogens with zero attached hydrogens (tertiary/aromatic N) is 1. The Morgan fingerprint density at radius 3 is 2.47 bits per heavy atom. The van der Waals surface area contributed by atoms with E-state index in [0.717, 1.165) is 56.3 Å². The first-order valence-corrected chi connectivity index (χ1v) is 11.2. The summed E-state index contributed by atoms with van der Waals surface area (Å²) in [6.07, 6.45) is 11.1. The van der Waals surface area contributed by atoms with Gasteiger partial charge >= 0.3 is 0 Å². The predicted molar refractivity (Wildman–Crippen MR) is 119 cm³/mol. The molecule has 2 aliphatic rings. The highest BCUT2D eigenvalue weighted by molar-refractivity contribution is 5.98. The molecule has 6 heteroatoms. The topological polar surface area (TPSA) is 78.5 Å². The number of hydrogen-bond donors (Lipinski definition) is 2. The van der Waals surface area contributed by atoms with Crippen molar-refractivity contribution in [3.05, 3.63) is 35.9 Å².